The van der Waals surface area contributed by atoms with E-state index in [2.05, 4.69) is 5.32 Å². The fourth-order valence-corrected chi connectivity index (χ4v) is 3.61. The van der Waals surface area contributed by atoms with Gasteiger partial charge in [0.15, 0.2) is 5.82 Å². The molecule has 3 N–H and O–H groups in total. The van der Waals surface area contributed by atoms with Crippen LogP contribution in [0.25, 0.3) is 5.32 Å². The van der Waals surface area contributed by atoms with Crippen LogP contribution in [0.3, 0.4) is 0 Å². The predicted molar refractivity (Wildman–Crippen MR) is 113 cm³/mol. The monoisotopic (exact) mass is 491 g/mol. The molecule has 0 saturated heterocycles. The van der Waals surface area contributed by atoms with E-state index in [0.717, 1.165) is 24.8 Å². The van der Waals surface area contributed by atoms with Gasteiger partial charge in [0.25, 0.3) is 0 Å². The van der Waals surface area contributed by atoms with Crippen molar-refractivity contribution in [3.05, 3.63) is 58.7 Å². The number of phenolic OH excluding ortho intramolecular Hbond substituents is 1. The molecule has 1 heterocycles. The van der Waals surface area contributed by atoms with Crippen LogP contribution in [0.15, 0.2) is 36.4 Å². The van der Waals surface area contributed by atoms with Crippen molar-refractivity contribution in [3.63, 3.8) is 0 Å². The smallest absolute Gasteiger partial charge is 0.416 e. The van der Waals surface area contributed by atoms with Crippen LogP contribution in [0.4, 0.5) is 14.9 Å². The van der Waals surface area contributed by atoms with Gasteiger partial charge in [-0.15, -0.1) is 0 Å². The summed E-state index contributed by atoms with van der Waals surface area (Å²) in [6.07, 6.45) is 2.01. The van der Waals surface area contributed by atoms with Crippen molar-refractivity contribution in [1.82, 2.24) is 4.90 Å². The Morgan fingerprint density at radius 2 is 1.87 bits per heavy atom. The van der Waals surface area contributed by atoms with Gasteiger partial charge in [-0.25, -0.2) is 9.18 Å². The quantitative estimate of drug-likeness (QED) is 0.569. The summed E-state index contributed by atoms with van der Waals surface area (Å²) in [4.78, 5) is 14.1. The second-order valence-corrected chi connectivity index (χ2v) is 6.79. The Morgan fingerprint density at radius 3 is 2.43 bits per heavy atom. The van der Waals surface area contributed by atoms with Crippen molar-refractivity contribution in [2.45, 2.75) is 45.2 Å². The summed E-state index contributed by atoms with van der Waals surface area (Å²) in [6.45, 7) is 4.09. The molecule has 8 heteroatoms. The minimum absolute atomic E-state index is 0. The number of nitrogens with zero attached hydrogens (tertiary/aromatic N) is 2. The van der Waals surface area contributed by atoms with E-state index in [1.807, 2.05) is 13.8 Å². The van der Waals surface area contributed by atoms with Gasteiger partial charge in [-0.2, -0.15) is 14.1 Å². The maximum absolute atomic E-state index is 14.3. The predicted octanol–water partition coefficient (Wildman–Crippen LogP) is 5.15. The van der Waals surface area contributed by atoms with Crippen molar-refractivity contribution in [2.24, 2.45) is 0 Å². The average molecular weight is 491 g/mol. The van der Waals surface area contributed by atoms with Crippen molar-refractivity contribution >= 4 is 11.8 Å². The molecule has 2 aromatic carbocycles. The van der Waals surface area contributed by atoms with E-state index in [0.29, 0.717) is 11.3 Å². The van der Waals surface area contributed by atoms with Crippen LogP contribution in [-0.2, 0) is 44.8 Å². The van der Waals surface area contributed by atoms with E-state index in [9.17, 15) is 14.3 Å². The Kier molecular flexibility index (Phi) is 10.2. The molecule has 4 rings (SSSR count). The number of hydrogen-bond acceptors (Lipinski definition) is 4. The second kappa shape index (κ2) is 11.6. The molecule has 1 amide bonds. The number of fused-ring (bicyclic) bond motifs is 2. The largest absolute Gasteiger partial charge is 0.668 e. The Bertz CT molecular complexity index is 860. The zero-order chi connectivity index (χ0) is 21.6. The summed E-state index contributed by atoms with van der Waals surface area (Å²) in [5.74, 6) is -0.0772. The van der Waals surface area contributed by atoms with Gasteiger partial charge >= 0.3 is 6.09 Å². The maximum atomic E-state index is 14.3. The van der Waals surface area contributed by atoms with E-state index < -0.39 is 17.4 Å². The zero-order valence-electron chi connectivity index (χ0n) is 18.0. The Morgan fingerprint density at radius 1 is 1.23 bits per heavy atom. The number of nitrogen functional groups attached to an aromatic ring is 1. The molecule has 1 saturated carbocycles. The van der Waals surface area contributed by atoms with Gasteiger partial charge in [-0.3, -0.25) is 4.90 Å². The molecule has 0 aromatic heterocycles. The zero-order valence-corrected chi connectivity index (χ0v) is 20.8. The number of halogens is 1. The normalized spacial score (nSPS) is 15.2. The van der Waals surface area contributed by atoms with Crippen LogP contribution in [0.2, 0.25) is 0 Å². The second-order valence-electron chi connectivity index (χ2n) is 6.79. The van der Waals surface area contributed by atoms with E-state index in [1.54, 1.807) is 43.3 Å². The number of carbonyl (C=O) groups is 1. The summed E-state index contributed by atoms with van der Waals surface area (Å²) in [7, 11) is 3.50. The van der Waals surface area contributed by atoms with Crippen molar-refractivity contribution in [3.8, 4) is 11.5 Å². The van der Waals surface area contributed by atoms with E-state index in [-0.39, 0.29) is 50.7 Å². The van der Waals surface area contributed by atoms with Crippen LogP contribution >= 0.6 is 0 Å². The molecule has 161 valence electrons. The first-order chi connectivity index (χ1) is 13.9. The van der Waals surface area contributed by atoms with Crippen LogP contribution < -0.4 is 10.5 Å². The van der Waals surface area contributed by atoms with Gasteiger partial charge in [0.1, 0.15) is 11.5 Å². The summed E-state index contributed by atoms with van der Waals surface area (Å²) in [6, 6.07) is 9.59. The van der Waals surface area contributed by atoms with Crippen molar-refractivity contribution in [1.29, 1.82) is 0 Å². The number of rotatable bonds is 2. The number of amides is 1. The standard InChI is InChI=1S/C18H17FN2O3.C2H6N.C2H6.Y/c19-16-11(3-1-4-14(16)20)10-21-17(23)24-15-9-12(22)5-6-13(15)18(21)7-2-8-18;1-3-2;1-2;/h1,3-6,9,22H,2,7-8,10,20H2;1-2H3;1-2H3;/q;-1;;. The number of nitrogens with two attached hydrogens (primary N) is 1. The minimum atomic E-state index is -0.533. The maximum Gasteiger partial charge on any atom is 0.416 e. The third-order valence-electron chi connectivity index (χ3n) is 5.02. The third kappa shape index (κ3) is 5.13. The fraction of sp³-hybridized carbons (Fsp3) is 0.409. The average Bonchev–Trinajstić information content (AvgIpc) is 2.66. The van der Waals surface area contributed by atoms with E-state index >= 15 is 0 Å². The first-order valence-corrected chi connectivity index (χ1v) is 9.76. The number of carbonyl (C=O) groups excluding carboxylic acids is 1. The molecule has 0 atom stereocenters. The van der Waals surface area contributed by atoms with Crippen LogP contribution in [-0.4, -0.2) is 30.2 Å². The molecule has 1 fully saturated rings. The molecule has 30 heavy (non-hydrogen) atoms. The molecule has 2 aliphatic rings. The van der Waals surface area contributed by atoms with Crippen molar-refractivity contribution in [2.75, 3.05) is 19.8 Å². The molecule has 2 aromatic rings. The first kappa shape index (κ1) is 26.3. The first-order valence-electron chi connectivity index (χ1n) is 9.76. The number of aromatic hydroxyl groups is 1. The third-order valence-corrected chi connectivity index (χ3v) is 5.02. The molecule has 1 aliphatic heterocycles. The summed E-state index contributed by atoms with van der Waals surface area (Å²) >= 11 is 0. The Balaban J connectivity index is 0.000000691. The van der Waals surface area contributed by atoms with Gasteiger partial charge in [-0.1, -0.05) is 26.0 Å². The molecule has 1 radical (unpaired) electrons. The van der Waals surface area contributed by atoms with Gasteiger partial charge in [0.2, 0.25) is 0 Å². The van der Waals surface area contributed by atoms with Crippen LogP contribution in [0.5, 0.6) is 11.5 Å². The topological polar surface area (TPSA) is 89.9 Å². The number of anilines is 1. The minimum Gasteiger partial charge on any atom is -0.668 e. The molecule has 0 unspecified atom stereocenters. The Labute approximate surface area is 202 Å². The summed E-state index contributed by atoms with van der Waals surface area (Å²) in [5.41, 5.74) is 6.41. The Hall–Kier alpha value is -1.70. The summed E-state index contributed by atoms with van der Waals surface area (Å²) in [5, 5.41) is 13.1. The van der Waals surface area contributed by atoms with Gasteiger partial charge in [0.05, 0.1) is 17.8 Å². The van der Waals surface area contributed by atoms with Crippen LogP contribution in [0.1, 0.15) is 44.2 Å². The number of phenols is 1. The SMILES string of the molecule is CC.C[N-]C.Nc1cccc(CN2C(=O)Oc3cc(O)ccc3C23CCC3)c1F.[Y]. The van der Waals surface area contributed by atoms with E-state index in [4.69, 9.17) is 10.5 Å². The molecular weight excluding hydrogens is 462 g/mol. The molecule has 0 bridgehead atoms. The van der Waals surface area contributed by atoms with E-state index in [1.165, 1.54) is 12.1 Å². The summed E-state index contributed by atoms with van der Waals surface area (Å²) < 4.78 is 19.6. The number of ether oxygens (including phenoxy) is 1. The van der Waals surface area contributed by atoms with Gasteiger partial charge in [0, 0.05) is 49.9 Å². The number of hydrogen-bond donors (Lipinski definition) is 2. The molecular formula is C22H29FN3O3Y-. The van der Waals surface area contributed by atoms with Crippen molar-refractivity contribution < 1.29 is 51.7 Å². The fourth-order valence-electron chi connectivity index (χ4n) is 3.61. The molecule has 6 nitrogen and oxygen atoms in total. The molecule has 1 spiro atoms. The van der Waals surface area contributed by atoms with Crippen LogP contribution in [0, 0.1) is 5.82 Å². The molecule has 1 aliphatic carbocycles. The number of benzene rings is 2. The van der Waals surface area contributed by atoms with Gasteiger partial charge in [-0.05, 0) is 37.5 Å². The van der Waals surface area contributed by atoms with Gasteiger partial charge < -0.3 is 20.9 Å².